The number of ether oxygens (including phenoxy) is 3. The van der Waals surface area contributed by atoms with E-state index in [0.717, 1.165) is 0 Å². The van der Waals surface area contributed by atoms with Gasteiger partial charge in [-0.05, 0) is 6.92 Å². The molecule has 1 aliphatic rings. The van der Waals surface area contributed by atoms with Crippen molar-refractivity contribution < 1.29 is 27.7 Å². The molecular formula is C14H20ClNO6S. The van der Waals surface area contributed by atoms with Crippen molar-refractivity contribution in [3.05, 3.63) is 17.2 Å². The van der Waals surface area contributed by atoms with Gasteiger partial charge in [-0.2, -0.15) is 0 Å². The summed E-state index contributed by atoms with van der Waals surface area (Å²) in [5.74, 6) is 0.571. The average Bonchev–Trinajstić information content (AvgIpc) is 2.84. The van der Waals surface area contributed by atoms with Gasteiger partial charge in [-0.1, -0.05) is 11.6 Å². The van der Waals surface area contributed by atoms with Crippen molar-refractivity contribution in [2.45, 2.75) is 29.9 Å². The van der Waals surface area contributed by atoms with Crippen molar-refractivity contribution in [1.29, 1.82) is 0 Å². The molecule has 0 spiro atoms. The molecule has 0 radical (unpaired) electrons. The van der Waals surface area contributed by atoms with Crippen molar-refractivity contribution in [3.8, 4) is 11.5 Å². The standard InChI is InChI=1S/C14H20ClNO6S/c1-9-14(17,4-5-22-9)8-16-23(18,19)13-7-12(21-3)11(20-2)6-10(13)15/h6-7,9,16-17H,4-5,8H2,1-3H3. The molecule has 1 aromatic rings. The van der Waals surface area contributed by atoms with Gasteiger partial charge in [0.05, 0.1) is 25.3 Å². The van der Waals surface area contributed by atoms with Crippen LogP contribution in [0, 0.1) is 0 Å². The number of aliphatic hydroxyl groups is 1. The van der Waals surface area contributed by atoms with Crippen molar-refractivity contribution in [2.75, 3.05) is 27.4 Å². The molecule has 2 rings (SSSR count). The lowest BCUT2D eigenvalue weighted by atomic mass is 9.97. The van der Waals surface area contributed by atoms with Crippen molar-refractivity contribution in [1.82, 2.24) is 4.72 Å². The zero-order chi connectivity index (χ0) is 17.3. The maximum Gasteiger partial charge on any atom is 0.242 e. The molecule has 1 saturated heterocycles. The number of methoxy groups -OCH3 is 2. The van der Waals surface area contributed by atoms with Gasteiger partial charge in [0.25, 0.3) is 0 Å². The summed E-state index contributed by atoms with van der Waals surface area (Å²) in [5, 5.41) is 10.4. The number of hydrogen-bond donors (Lipinski definition) is 2. The van der Waals surface area contributed by atoms with Gasteiger partial charge in [-0.3, -0.25) is 0 Å². The Morgan fingerprint density at radius 1 is 1.39 bits per heavy atom. The van der Waals surface area contributed by atoms with Crippen LogP contribution >= 0.6 is 11.6 Å². The van der Waals surface area contributed by atoms with Crippen molar-refractivity contribution >= 4 is 21.6 Å². The number of halogens is 1. The molecule has 1 heterocycles. The lowest BCUT2D eigenvalue weighted by molar-refractivity contribution is -0.0228. The molecule has 130 valence electrons. The third-order valence-electron chi connectivity index (χ3n) is 3.96. The SMILES string of the molecule is COc1cc(Cl)c(S(=O)(=O)NCC2(O)CCOC2C)cc1OC. The smallest absolute Gasteiger partial charge is 0.242 e. The highest BCUT2D eigenvalue weighted by Crippen LogP contribution is 2.35. The molecule has 1 aromatic carbocycles. The van der Waals surface area contributed by atoms with Gasteiger partial charge in [0, 0.05) is 31.7 Å². The minimum absolute atomic E-state index is 0.00198. The minimum atomic E-state index is -3.93. The van der Waals surface area contributed by atoms with Crippen LogP contribution in [-0.2, 0) is 14.8 Å². The van der Waals surface area contributed by atoms with Crippen LogP contribution in [0.15, 0.2) is 17.0 Å². The molecule has 7 nitrogen and oxygen atoms in total. The highest BCUT2D eigenvalue weighted by molar-refractivity contribution is 7.89. The maximum absolute atomic E-state index is 12.5. The van der Waals surface area contributed by atoms with E-state index in [-0.39, 0.29) is 22.2 Å². The fourth-order valence-corrected chi connectivity index (χ4v) is 3.97. The van der Waals surface area contributed by atoms with Gasteiger partial charge in [0.2, 0.25) is 10.0 Å². The number of nitrogens with one attached hydrogen (secondary N) is 1. The zero-order valence-corrected chi connectivity index (χ0v) is 14.7. The Labute approximate surface area is 140 Å². The normalized spacial score (nSPS) is 24.7. The van der Waals surface area contributed by atoms with E-state index >= 15 is 0 Å². The molecule has 0 aromatic heterocycles. The van der Waals surface area contributed by atoms with Crippen LogP contribution in [0.5, 0.6) is 11.5 Å². The van der Waals surface area contributed by atoms with Gasteiger partial charge in [-0.15, -0.1) is 0 Å². The molecule has 0 aliphatic carbocycles. The third kappa shape index (κ3) is 3.72. The van der Waals surface area contributed by atoms with E-state index in [0.29, 0.717) is 18.8 Å². The molecule has 2 unspecified atom stereocenters. The van der Waals surface area contributed by atoms with Crippen molar-refractivity contribution in [3.63, 3.8) is 0 Å². The van der Waals surface area contributed by atoms with E-state index in [1.165, 1.54) is 26.4 Å². The average molecular weight is 366 g/mol. The van der Waals surface area contributed by atoms with Gasteiger partial charge >= 0.3 is 0 Å². The van der Waals surface area contributed by atoms with Crippen LogP contribution < -0.4 is 14.2 Å². The number of rotatable bonds is 6. The summed E-state index contributed by atoms with van der Waals surface area (Å²) in [4.78, 5) is -0.146. The van der Waals surface area contributed by atoms with Gasteiger partial charge < -0.3 is 19.3 Å². The first-order valence-electron chi connectivity index (χ1n) is 6.98. The van der Waals surface area contributed by atoms with Crippen LogP contribution in [0.25, 0.3) is 0 Å². The Morgan fingerprint density at radius 3 is 2.52 bits per heavy atom. The fraction of sp³-hybridized carbons (Fsp3) is 0.571. The second-order valence-electron chi connectivity index (χ2n) is 5.33. The van der Waals surface area contributed by atoms with E-state index in [1.54, 1.807) is 6.92 Å². The Balaban J connectivity index is 2.26. The monoisotopic (exact) mass is 365 g/mol. The molecule has 9 heteroatoms. The highest BCUT2D eigenvalue weighted by Gasteiger charge is 2.40. The molecule has 2 N–H and O–H groups in total. The summed E-state index contributed by atoms with van der Waals surface area (Å²) < 4.78 is 42.8. The summed E-state index contributed by atoms with van der Waals surface area (Å²) in [7, 11) is -1.10. The van der Waals surface area contributed by atoms with Crippen LogP contribution in [0.3, 0.4) is 0 Å². The molecule has 23 heavy (non-hydrogen) atoms. The lowest BCUT2D eigenvalue weighted by Crippen LogP contribution is -2.47. The van der Waals surface area contributed by atoms with Crippen molar-refractivity contribution in [2.24, 2.45) is 0 Å². The second-order valence-corrected chi connectivity index (χ2v) is 7.47. The second kappa shape index (κ2) is 6.82. The predicted octanol–water partition coefficient (Wildman–Crippen LogP) is 1.18. The molecule has 2 atom stereocenters. The quantitative estimate of drug-likeness (QED) is 0.786. The molecule has 0 amide bonds. The molecule has 0 bridgehead atoms. The number of sulfonamides is 1. The highest BCUT2D eigenvalue weighted by atomic mass is 35.5. The minimum Gasteiger partial charge on any atom is -0.493 e. The van der Waals surface area contributed by atoms with Crippen LogP contribution in [0.2, 0.25) is 5.02 Å². The summed E-state index contributed by atoms with van der Waals surface area (Å²) in [6.07, 6.45) is -0.0952. The Morgan fingerprint density at radius 2 is 2.00 bits per heavy atom. The van der Waals surface area contributed by atoms with E-state index in [4.69, 9.17) is 25.8 Å². The van der Waals surface area contributed by atoms with E-state index in [9.17, 15) is 13.5 Å². The summed E-state index contributed by atoms with van der Waals surface area (Å²) >= 11 is 6.04. The zero-order valence-electron chi connectivity index (χ0n) is 13.1. The summed E-state index contributed by atoms with van der Waals surface area (Å²) in [6, 6.07) is 2.65. The first-order chi connectivity index (χ1) is 10.7. The van der Waals surface area contributed by atoms with Crippen LogP contribution in [0.4, 0.5) is 0 Å². The Hall–Kier alpha value is -1.06. The predicted molar refractivity (Wildman–Crippen MR) is 84.7 cm³/mol. The fourth-order valence-electron chi connectivity index (χ4n) is 2.34. The summed E-state index contributed by atoms with van der Waals surface area (Å²) in [5.41, 5.74) is -1.24. The number of hydrogen-bond acceptors (Lipinski definition) is 6. The van der Waals surface area contributed by atoms with Gasteiger partial charge in [0.15, 0.2) is 11.5 Å². The van der Waals surface area contributed by atoms with E-state index in [1.807, 2.05) is 0 Å². The topological polar surface area (TPSA) is 94.1 Å². The number of benzene rings is 1. The Kier molecular flexibility index (Phi) is 5.42. The molecule has 1 fully saturated rings. The van der Waals surface area contributed by atoms with Gasteiger partial charge in [-0.25, -0.2) is 13.1 Å². The summed E-state index contributed by atoms with van der Waals surface area (Å²) in [6.45, 7) is 1.92. The van der Waals surface area contributed by atoms with Gasteiger partial charge in [0.1, 0.15) is 10.5 Å². The first kappa shape index (κ1) is 18.3. The molecule has 0 saturated carbocycles. The largest absolute Gasteiger partial charge is 0.493 e. The maximum atomic E-state index is 12.5. The van der Waals surface area contributed by atoms with E-state index in [2.05, 4.69) is 4.72 Å². The van der Waals surface area contributed by atoms with E-state index < -0.39 is 21.7 Å². The molecular weight excluding hydrogens is 346 g/mol. The lowest BCUT2D eigenvalue weighted by Gasteiger charge is -2.26. The first-order valence-corrected chi connectivity index (χ1v) is 8.85. The molecule has 1 aliphatic heterocycles. The van der Waals surface area contributed by atoms with Crippen LogP contribution in [-0.4, -0.2) is 52.6 Å². The van der Waals surface area contributed by atoms with Crippen LogP contribution in [0.1, 0.15) is 13.3 Å². The Bertz CT molecular complexity index is 680. The third-order valence-corrected chi connectivity index (χ3v) is 5.82.